The van der Waals surface area contributed by atoms with Gasteiger partial charge in [0.25, 0.3) is 0 Å². The quantitative estimate of drug-likeness (QED) is 0.480. The normalized spacial score (nSPS) is 28.0. The second kappa shape index (κ2) is 7.62. The summed E-state index contributed by atoms with van der Waals surface area (Å²) in [5.74, 6) is 1.78. The maximum absolute atomic E-state index is 12.3. The zero-order valence-electron chi connectivity index (χ0n) is 14.3. The fourth-order valence-electron chi connectivity index (χ4n) is 4.74. The number of nitrogens with zero attached hydrogens (tertiary/aromatic N) is 1. The highest BCUT2D eigenvalue weighted by Crippen LogP contribution is 2.48. The summed E-state index contributed by atoms with van der Waals surface area (Å²) in [5.41, 5.74) is 0. The Bertz CT molecular complexity index is 336. The van der Waals surface area contributed by atoms with Crippen molar-refractivity contribution in [1.29, 1.82) is 0 Å². The molecule has 0 heterocycles. The zero-order valence-corrected chi connectivity index (χ0v) is 14.3. The van der Waals surface area contributed by atoms with E-state index >= 15 is 0 Å². The molecule has 3 heteroatoms. The molecule has 122 valence electrons. The summed E-state index contributed by atoms with van der Waals surface area (Å²) < 4.78 is 6.78. The average Bonchev–Trinajstić information content (AvgIpc) is 3.10. The topological polar surface area (TPSA) is 26.3 Å². The molecular formula is C18H34NO2+. The van der Waals surface area contributed by atoms with Crippen LogP contribution >= 0.6 is 0 Å². The minimum absolute atomic E-state index is 0.101. The van der Waals surface area contributed by atoms with E-state index in [1.807, 2.05) is 0 Å². The van der Waals surface area contributed by atoms with Crippen molar-refractivity contribution in [1.82, 2.24) is 0 Å². The summed E-state index contributed by atoms with van der Waals surface area (Å²) in [6.07, 6.45) is 7.38. The molecule has 0 aliphatic heterocycles. The van der Waals surface area contributed by atoms with E-state index in [9.17, 15) is 4.79 Å². The van der Waals surface area contributed by atoms with Gasteiger partial charge in [-0.3, -0.25) is 4.79 Å². The number of hydrogen-bond donors (Lipinski definition) is 0. The maximum Gasteiger partial charge on any atom is 0.309 e. The van der Waals surface area contributed by atoms with Crippen LogP contribution in [0.1, 0.15) is 59.3 Å². The van der Waals surface area contributed by atoms with E-state index in [4.69, 9.17) is 4.74 Å². The Morgan fingerprint density at radius 1 is 1.05 bits per heavy atom. The number of carbonyl (C=O) groups excluding carboxylic acids is 1. The molecule has 0 spiro atoms. The molecule has 0 amide bonds. The summed E-state index contributed by atoms with van der Waals surface area (Å²) in [6.45, 7) is 11.9. The van der Waals surface area contributed by atoms with E-state index < -0.39 is 0 Å². The molecule has 3 nitrogen and oxygen atoms in total. The Labute approximate surface area is 130 Å². The minimum Gasteiger partial charge on any atom is -0.459 e. The number of likely N-dealkylation sites (N-methyl/N-ethyl adjacent to an activating group) is 1. The molecule has 2 saturated carbocycles. The molecule has 0 aromatic heterocycles. The number of esters is 1. The van der Waals surface area contributed by atoms with Gasteiger partial charge in [-0.2, -0.15) is 0 Å². The van der Waals surface area contributed by atoms with Gasteiger partial charge in [-0.15, -0.1) is 0 Å². The van der Waals surface area contributed by atoms with Crippen molar-refractivity contribution in [2.75, 3.05) is 32.8 Å². The third-order valence-electron chi connectivity index (χ3n) is 5.92. The van der Waals surface area contributed by atoms with E-state index in [2.05, 4.69) is 20.8 Å². The molecule has 0 aromatic carbocycles. The van der Waals surface area contributed by atoms with Crippen LogP contribution in [-0.2, 0) is 9.53 Å². The van der Waals surface area contributed by atoms with Crippen molar-refractivity contribution < 1.29 is 14.0 Å². The van der Waals surface area contributed by atoms with Gasteiger partial charge in [-0.1, -0.05) is 20.3 Å². The van der Waals surface area contributed by atoms with Crippen LogP contribution in [-0.4, -0.2) is 43.2 Å². The van der Waals surface area contributed by atoms with E-state index in [-0.39, 0.29) is 11.9 Å². The highest BCUT2D eigenvalue weighted by molar-refractivity contribution is 5.73. The van der Waals surface area contributed by atoms with Gasteiger partial charge >= 0.3 is 5.97 Å². The van der Waals surface area contributed by atoms with Crippen LogP contribution in [0, 0.1) is 17.8 Å². The molecule has 0 saturated heterocycles. The molecule has 3 atom stereocenters. The van der Waals surface area contributed by atoms with Gasteiger partial charge in [0.1, 0.15) is 13.2 Å². The van der Waals surface area contributed by atoms with Crippen molar-refractivity contribution in [2.45, 2.75) is 59.3 Å². The predicted octanol–water partition coefficient (Wildman–Crippen LogP) is 3.62. The van der Waals surface area contributed by atoms with Gasteiger partial charge in [-0.25, -0.2) is 0 Å². The number of hydrogen-bond acceptors (Lipinski definition) is 2. The lowest BCUT2D eigenvalue weighted by Gasteiger charge is -2.37. The predicted molar refractivity (Wildman–Crippen MR) is 85.9 cm³/mol. The van der Waals surface area contributed by atoms with E-state index in [1.165, 1.54) is 45.2 Å². The second-order valence-corrected chi connectivity index (χ2v) is 7.28. The molecule has 21 heavy (non-hydrogen) atoms. The molecule has 0 aromatic rings. The summed E-state index contributed by atoms with van der Waals surface area (Å²) in [4.78, 5) is 12.3. The first-order valence-electron chi connectivity index (χ1n) is 9.15. The van der Waals surface area contributed by atoms with Gasteiger partial charge in [0, 0.05) is 0 Å². The molecule has 2 aliphatic rings. The van der Waals surface area contributed by atoms with Crippen LogP contribution in [0.3, 0.4) is 0 Å². The first-order chi connectivity index (χ1) is 10.1. The molecule has 2 aliphatic carbocycles. The first-order valence-corrected chi connectivity index (χ1v) is 9.15. The van der Waals surface area contributed by atoms with E-state index in [0.717, 1.165) is 29.9 Å². The molecule has 0 N–H and O–H groups in total. The van der Waals surface area contributed by atoms with Gasteiger partial charge in [0.05, 0.1) is 25.6 Å². The first kappa shape index (κ1) is 16.8. The fourth-order valence-corrected chi connectivity index (χ4v) is 4.74. The fraction of sp³-hybridized carbons (Fsp3) is 0.944. The lowest BCUT2D eigenvalue weighted by Crippen LogP contribution is -2.51. The third-order valence-corrected chi connectivity index (χ3v) is 5.92. The van der Waals surface area contributed by atoms with Crippen molar-refractivity contribution in [3.05, 3.63) is 0 Å². The van der Waals surface area contributed by atoms with Crippen molar-refractivity contribution >= 4 is 5.97 Å². The van der Waals surface area contributed by atoms with Crippen LogP contribution in [0.15, 0.2) is 0 Å². The summed E-state index contributed by atoms with van der Waals surface area (Å²) in [6, 6.07) is 0. The monoisotopic (exact) mass is 296 g/mol. The lowest BCUT2D eigenvalue weighted by atomic mass is 9.89. The Morgan fingerprint density at radius 3 is 2.24 bits per heavy atom. The number of fused-ring (bicyclic) bond motifs is 2. The van der Waals surface area contributed by atoms with Gasteiger partial charge in [0.2, 0.25) is 0 Å². The number of rotatable bonds is 9. The smallest absolute Gasteiger partial charge is 0.309 e. The Morgan fingerprint density at radius 2 is 1.76 bits per heavy atom. The average molecular weight is 296 g/mol. The van der Waals surface area contributed by atoms with Gasteiger partial charge in [-0.05, 0) is 50.9 Å². The van der Waals surface area contributed by atoms with Crippen LogP contribution in [0.2, 0.25) is 0 Å². The Hall–Kier alpha value is -0.570. The lowest BCUT2D eigenvalue weighted by molar-refractivity contribution is -0.926. The van der Waals surface area contributed by atoms with E-state index in [0.29, 0.717) is 12.5 Å². The molecule has 2 fully saturated rings. The summed E-state index contributed by atoms with van der Waals surface area (Å²) >= 11 is 0. The van der Waals surface area contributed by atoms with E-state index in [1.54, 1.807) is 0 Å². The van der Waals surface area contributed by atoms with Crippen molar-refractivity contribution in [2.24, 2.45) is 17.8 Å². The number of quaternary nitrogens is 1. The standard InChI is InChI=1S/C18H34NO2/c1-4-9-19(6-3,10-5-2)11-12-21-18(20)17-14-15-7-8-16(17)13-15/h15-17H,4-14H2,1-3H3/q+1/t15-,16?,17?/m0/s1. The minimum atomic E-state index is 0.101. The Kier molecular flexibility index (Phi) is 6.09. The third kappa shape index (κ3) is 4.00. The molecule has 2 bridgehead atoms. The highest BCUT2D eigenvalue weighted by Gasteiger charge is 2.44. The zero-order chi connectivity index (χ0) is 15.3. The molecule has 0 radical (unpaired) electrons. The second-order valence-electron chi connectivity index (χ2n) is 7.28. The molecule has 2 unspecified atom stereocenters. The molecule has 2 rings (SSSR count). The van der Waals surface area contributed by atoms with Crippen molar-refractivity contribution in [3.8, 4) is 0 Å². The number of carbonyl (C=O) groups is 1. The van der Waals surface area contributed by atoms with Crippen LogP contribution in [0.25, 0.3) is 0 Å². The Balaban J connectivity index is 1.77. The molecular weight excluding hydrogens is 262 g/mol. The highest BCUT2D eigenvalue weighted by atomic mass is 16.5. The van der Waals surface area contributed by atoms with Crippen LogP contribution in [0.5, 0.6) is 0 Å². The van der Waals surface area contributed by atoms with Gasteiger partial charge < -0.3 is 9.22 Å². The van der Waals surface area contributed by atoms with Crippen LogP contribution in [0.4, 0.5) is 0 Å². The van der Waals surface area contributed by atoms with Crippen LogP contribution < -0.4 is 0 Å². The summed E-state index contributed by atoms with van der Waals surface area (Å²) in [7, 11) is 0. The number of ether oxygens (including phenoxy) is 1. The summed E-state index contributed by atoms with van der Waals surface area (Å²) in [5, 5.41) is 0. The largest absolute Gasteiger partial charge is 0.459 e. The maximum atomic E-state index is 12.3. The SMILES string of the molecule is CCC[N+](CC)(CCC)CCOC(=O)C1C[C@H]2CCC1C2. The van der Waals surface area contributed by atoms with Gasteiger partial charge in [0.15, 0.2) is 0 Å². The van der Waals surface area contributed by atoms with Crippen molar-refractivity contribution in [3.63, 3.8) is 0 Å².